The lowest BCUT2D eigenvalue weighted by Crippen LogP contribution is -2.34. The topological polar surface area (TPSA) is 73.2 Å². The zero-order valence-electron chi connectivity index (χ0n) is 16.0. The second-order valence-corrected chi connectivity index (χ2v) is 6.74. The molecule has 3 aromatic rings. The predicted octanol–water partition coefficient (Wildman–Crippen LogP) is 3.28. The summed E-state index contributed by atoms with van der Waals surface area (Å²) in [6.45, 7) is 3.90. The fourth-order valence-corrected chi connectivity index (χ4v) is 2.80. The van der Waals surface area contributed by atoms with E-state index >= 15 is 0 Å². The first-order valence-corrected chi connectivity index (χ1v) is 9.16. The molecule has 28 heavy (non-hydrogen) atoms. The molecule has 3 rings (SSSR count). The standard InChI is InChI=1S/C22H23N3O3/c1-16(2)23-20(26)15-28-22(27)19-14-25(13-17-9-5-3-6-10-17)24-21(19)18-11-7-4-8-12-18/h3-12,14,16H,13,15H2,1-2H3,(H,23,26). The van der Waals surface area contributed by atoms with E-state index < -0.39 is 5.97 Å². The minimum atomic E-state index is -0.572. The molecule has 0 radical (unpaired) electrons. The van der Waals surface area contributed by atoms with Gasteiger partial charge in [0.1, 0.15) is 11.3 Å². The first-order chi connectivity index (χ1) is 13.5. The minimum absolute atomic E-state index is 0.0142. The van der Waals surface area contributed by atoms with Crippen molar-refractivity contribution in [1.82, 2.24) is 15.1 Å². The molecule has 0 unspecified atom stereocenters. The second kappa shape index (κ2) is 8.99. The molecule has 1 heterocycles. The molecule has 0 aliphatic carbocycles. The van der Waals surface area contributed by atoms with Crippen molar-refractivity contribution < 1.29 is 14.3 Å². The number of benzene rings is 2. The molecule has 0 spiro atoms. The van der Waals surface area contributed by atoms with Gasteiger partial charge in [-0.15, -0.1) is 0 Å². The minimum Gasteiger partial charge on any atom is -0.452 e. The lowest BCUT2D eigenvalue weighted by atomic mass is 10.1. The summed E-state index contributed by atoms with van der Waals surface area (Å²) in [5, 5.41) is 7.28. The molecule has 0 saturated carbocycles. The van der Waals surface area contributed by atoms with Gasteiger partial charge in [-0.05, 0) is 19.4 Å². The molecule has 1 aromatic heterocycles. The number of hydrogen-bond acceptors (Lipinski definition) is 4. The molecule has 0 atom stereocenters. The van der Waals surface area contributed by atoms with Crippen molar-refractivity contribution in [2.75, 3.05) is 6.61 Å². The largest absolute Gasteiger partial charge is 0.452 e. The Balaban J connectivity index is 1.83. The Morgan fingerprint density at radius 2 is 1.68 bits per heavy atom. The zero-order valence-corrected chi connectivity index (χ0v) is 16.0. The molecule has 0 saturated heterocycles. The fourth-order valence-electron chi connectivity index (χ4n) is 2.80. The van der Waals surface area contributed by atoms with E-state index in [-0.39, 0.29) is 18.6 Å². The molecule has 0 aliphatic heterocycles. The van der Waals surface area contributed by atoms with E-state index in [1.165, 1.54) is 0 Å². The zero-order chi connectivity index (χ0) is 19.9. The third-order valence-electron chi connectivity index (χ3n) is 4.00. The Morgan fingerprint density at radius 1 is 1.04 bits per heavy atom. The molecule has 0 bridgehead atoms. The molecular weight excluding hydrogens is 354 g/mol. The van der Waals surface area contributed by atoms with Gasteiger partial charge in [0.15, 0.2) is 6.61 Å². The number of carbonyl (C=O) groups is 2. The number of rotatable bonds is 7. The van der Waals surface area contributed by atoms with Crippen LogP contribution in [0.1, 0.15) is 29.8 Å². The van der Waals surface area contributed by atoms with E-state index in [0.717, 1.165) is 11.1 Å². The Morgan fingerprint density at radius 3 is 2.32 bits per heavy atom. The van der Waals surface area contributed by atoms with Crippen LogP contribution in [-0.4, -0.2) is 34.3 Å². The highest BCUT2D eigenvalue weighted by atomic mass is 16.5. The summed E-state index contributed by atoms with van der Waals surface area (Å²) in [5.74, 6) is -0.904. The highest BCUT2D eigenvalue weighted by Crippen LogP contribution is 2.23. The van der Waals surface area contributed by atoms with Crippen molar-refractivity contribution >= 4 is 11.9 Å². The number of carbonyl (C=O) groups excluding carboxylic acids is 2. The van der Waals surface area contributed by atoms with Crippen LogP contribution < -0.4 is 5.32 Å². The van der Waals surface area contributed by atoms with Crippen LogP contribution in [0.15, 0.2) is 66.9 Å². The average molecular weight is 377 g/mol. The summed E-state index contributed by atoms with van der Waals surface area (Å²) in [7, 11) is 0. The van der Waals surface area contributed by atoms with E-state index in [1.54, 1.807) is 10.9 Å². The van der Waals surface area contributed by atoms with Crippen LogP contribution in [0.25, 0.3) is 11.3 Å². The van der Waals surface area contributed by atoms with Crippen LogP contribution >= 0.6 is 0 Å². The van der Waals surface area contributed by atoms with Gasteiger partial charge in [-0.1, -0.05) is 60.7 Å². The molecule has 6 heteroatoms. The van der Waals surface area contributed by atoms with Gasteiger partial charge in [0.2, 0.25) is 0 Å². The maximum absolute atomic E-state index is 12.6. The van der Waals surface area contributed by atoms with Crippen LogP contribution in [0, 0.1) is 0 Å². The summed E-state index contributed by atoms with van der Waals surface area (Å²) in [6, 6.07) is 19.3. The number of amides is 1. The smallest absolute Gasteiger partial charge is 0.342 e. The van der Waals surface area contributed by atoms with Crippen molar-refractivity contribution in [3.8, 4) is 11.3 Å². The van der Waals surface area contributed by atoms with Gasteiger partial charge >= 0.3 is 5.97 Å². The Hall–Kier alpha value is -3.41. The van der Waals surface area contributed by atoms with Gasteiger partial charge in [-0.2, -0.15) is 5.10 Å². The Bertz CT molecular complexity index is 934. The summed E-state index contributed by atoms with van der Waals surface area (Å²) >= 11 is 0. The first kappa shape index (κ1) is 19.4. The molecule has 2 aromatic carbocycles. The van der Waals surface area contributed by atoms with E-state index in [9.17, 15) is 9.59 Å². The van der Waals surface area contributed by atoms with E-state index in [4.69, 9.17) is 4.74 Å². The lowest BCUT2D eigenvalue weighted by Gasteiger charge is -2.08. The molecule has 1 amide bonds. The van der Waals surface area contributed by atoms with Gasteiger partial charge in [-0.3, -0.25) is 9.48 Å². The van der Waals surface area contributed by atoms with Gasteiger partial charge in [-0.25, -0.2) is 4.79 Å². The van der Waals surface area contributed by atoms with Crippen LogP contribution in [0.5, 0.6) is 0 Å². The van der Waals surface area contributed by atoms with Crippen molar-refractivity contribution in [1.29, 1.82) is 0 Å². The SMILES string of the molecule is CC(C)NC(=O)COC(=O)c1cn(Cc2ccccc2)nc1-c1ccccc1. The summed E-state index contributed by atoms with van der Waals surface area (Å²) in [4.78, 5) is 24.4. The molecule has 6 nitrogen and oxygen atoms in total. The molecule has 0 fully saturated rings. The summed E-state index contributed by atoms with van der Waals surface area (Å²) in [6.07, 6.45) is 1.66. The summed E-state index contributed by atoms with van der Waals surface area (Å²) in [5.41, 5.74) is 2.75. The third kappa shape index (κ3) is 5.07. The van der Waals surface area contributed by atoms with Crippen molar-refractivity contribution in [3.63, 3.8) is 0 Å². The predicted molar refractivity (Wildman–Crippen MR) is 107 cm³/mol. The van der Waals surface area contributed by atoms with Crippen molar-refractivity contribution in [2.24, 2.45) is 0 Å². The molecule has 0 aliphatic rings. The van der Waals surface area contributed by atoms with Gasteiger partial charge in [0, 0.05) is 17.8 Å². The van der Waals surface area contributed by atoms with Gasteiger partial charge in [0.05, 0.1) is 6.54 Å². The first-order valence-electron chi connectivity index (χ1n) is 9.16. The number of esters is 1. The van der Waals surface area contributed by atoms with Gasteiger partial charge < -0.3 is 10.1 Å². The average Bonchev–Trinajstić information content (AvgIpc) is 3.11. The van der Waals surface area contributed by atoms with E-state index in [1.807, 2.05) is 74.5 Å². The normalized spacial score (nSPS) is 10.7. The number of nitrogens with zero attached hydrogens (tertiary/aromatic N) is 2. The van der Waals surface area contributed by atoms with Crippen LogP contribution in [-0.2, 0) is 16.1 Å². The lowest BCUT2D eigenvalue weighted by molar-refractivity contribution is -0.124. The molecule has 1 N–H and O–H groups in total. The third-order valence-corrected chi connectivity index (χ3v) is 4.00. The van der Waals surface area contributed by atoms with Crippen LogP contribution in [0.3, 0.4) is 0 Å². The van der Waals surface area contributed by atoms with E-state index in [0.29, 0.717) is 17.8 Å². The monoisotopic (exact) mass is 377 g/mol. The highest BCUT2D eigenvalue weighted by Gasteiger charge is 2.20. The van der Waals surface area contributed by atoms with Crippen LogP contribution in [0.2, 0.25) is 0 Å². The van der Waals surface area contributed by atoms with Crippen LogP contribution in [0.4, 0.5) is 0 Å². The fraction of sp³-hybridized carbons (Fsp3) is 0.227. The Labute approximate surface area is 164 Å². The summed E-state index contributed by atoms with van der Waals surface area (Å²) < 4.78 is 6.92. The number of hydrogen-bond donors (Lipinski definition) is 1. The molecular formula is C22H23N3O3. The quantitative estimate of drug-likeness (QED) is 0.642. The maximum Gasteiger partial charge on any atom is 0.342 e. The van der Waals surface area contributed by atoms with Crippen molar-refractivity contribution in [2.45, 2.75) is 26.4 Å². The number of ether oxygens (including phenoxy) is 1. The second-order valence-electron chi connectivity index (χ2n) is 6.74. The van der Waals surface area contributed by atoms with Crippen molar-refractivity contribution in [3.05, 3.63) is 78.0 Å². The maximum atomic E-state index is 12.6. The highest BCUT2D eigenvalue weighted by molar-refractivity contribution is 5.97. The molecule has 144 valence electrons. The number of nitrogens with one attached hydrogen (secondary N) is 1. The van der Waals surface area contributed by atoms with Gasteiger partial charge in [0.25, 0.3) is 5.91 Å². The number of aromatic nitrogens is 2. The Kier molecular flexibility index (Phi) is 6.22. The van der Waals surface area contributed by atoms with E-state index in [2.05, 4.69) is 10.4 Å².